The molecule has 2 N–H and O–H groups in total. The number of ether oxygens (including phenoxy) is 4. The first kappa shape index (κ1) is 39.1. The van der Waals surface area contributed by atoms with Crippen molar-refractivity contribution in [2.75, 3.05) is 20.8 Å². The van der Waals surface area contributed by atoms with Crippen LogP contribution in [0.25, 0.3) is 11.1 Å². The third-order valence-corrected chi connectivity index (χ3v) is 8.56. The zero-order chi connectivity index (χ0) is 37.6. The summed E-state index contributed by atoms with van der Waals surface area (Å²) in [6, 6.07) is 18.3. The number of hydrogen-bond donors (Lipinski definition) is 2. The third-order valence-electron chi connectivity index (χ3n) is 8.56. The minimum atomic E-state index is -1.04. The Morgan fingerprint density at radius 2 is 1.49 bits per heavy atom. The fourth-order valence-corrected chi connectivity index (χ4v) is 6.13. The summed E-state index contributed by atoms with van der Waals surface area (Å²) in [5.41, 5.74) is 4.63. The Morgan fingerprint density at radius 1 is 0.902 bits per heavy atom. The maximum atomic E-state index is 13.9. The van der Waals surface area contributed by atoms with Gasteiger partial charge >= 0.3 is 12.2 Å². The van der Waals surface area contributed by atoms with E-state index in [1.807, 2.05) is 91.8 Å². The molecular formula is C39H53N5O7. The number of rotatable bonds is 11. The molecule has 0 saturated carbocycles. The van der Waals surface area contributed by atoms with Crippen molar-refractivity contribution in [3.63, 3.8) is 0 Å². The van der Waals surface area contributed by atoms with Gasteiger partial charge in [-0.3, -0.25) is 20.1 Å². The normalized spacial score (nSPS) is 17.8. The summed E-state index contributed by atoms with van der Waals surface area (Å²) < 4.78 is 22.8. The minimum absolute atomic E-state index is 0.204. The maximum Gasteiger partial charge on any atom is 0.412 e. The van der Waals surface area contributed by atoms with Crippen molar-refractivity contribution in [2.45, 2.75) is 97.9 Å². The van der Waals surface area contributed by atoms with Crippen molar-refractivity contribution < 1.29 is 33.3 Å². The molecule has 1 aliphatic heterocycles. The van der Waals surface area contributed by atoms with E-state index >= 15 is 0 Å². The van der Waals surface area contributed by atoms with Crippen molar-refractivity contribution in [1.29, 1.82) is 0 Å². The van der Waals surface area contributed by atoms with Gasteiger partial charge in [0.25, 0.3) is 5.91 Å². The molecule has 51 heavy (non-hydrogen) atoms. The molecule has 2 heterocycles. The number of benzene rings is 2. The van der Waals surface area contributed by atoms with E-state index in [9.17, 15) is 14.4 Å². The number of aromatic nitrogens is 1. The van der Waals surface area contributed by atoms with Crippen LogP contribution in [-0.4, -0.2) is 83.3 Å². The Morgan fingerprint density at radius 3 is 2.04 bits per heavy atom. The number of methoxy groups -OCH3 is 2. The molecule has 12 heteroatoms. The molecule has 276 valence electrons. The van der Waals surface area contributed by atoms with E-state index in [-0.39, 0.29) is 6.54 Å². The molecule has 3 aromatic rings. The second-order valence-corrected chi connectivity index (χ2v) is 15.3. The Bertz CT molecular complexity index is 1620. The first-order chi connectivity index (χ1) is 23.9. The van der Waals surface area contributed by atoms with Gasteiger partial charge < -0.3 is 24.3 Å². The summed E-state index contributed by atoms with van der Waals surface area (Å²) in [6.45, 7) is 15.3. The topological polar surface area (TPSA) is 132 Å². The van der Waals surface area contributed by atoms with E-state index in [1.165, 1.54) is 7.11 Å². The van der Waals surface area contributed by atoms with E-state index in [2.05, 4.69) is 40.0 Å². The van der Waals surface area contributed by atoms with Crippen molar-refractivity contribution in [1.82, 2.24) is 25.6 Å². The zero-order valence-corrected chi connectivity index (χ0v) is 31.5. The molecule has 1 aromatic heterocycles. The average molecular weight is 704 g/mol. The first-order valence-corrected chi connectivity index (χ1v) is 17.1. The van der Waals surface area contributed by atoms with Crippen LogP contribution in [0.3, 0.4) is 0 Å². The molecule has 2 aromatic carbocycles. The van der Waals surface area contributed by atoms with E-state index in [4.69, 9.17) is 18.9 Å². The van der Waals surface area contributed by atoms with Crippen LogP contribution < -0.4 is 15.5 Å². The summed E-state index contributed by atoms with van der Waals surface area (Å²) in [6.07, 6.45) is 2.22. The number of carbonyl (C=O) groups is 3. The van der Waals surface area contributed by atoms with Crippen molar-refractivity contribution >= 4 is 18.1 Å². The fourth-order valence-electron chi connectivity index (χ4n) is 6.13. The highest BCUT2D eigenvalue weighted by Gasteiger charge is 2.51. The zero-order valence-electron chi connectivity index (χ0n) is 31.5. The lowest BCUT2D eigenvalue weighted by molar-refractivity contribution is -0.132. The Labute approximate surface area is 301 Å². The van der Waals surface area contributed by atoms with Crippen LogP contribution in [0, 0.1) is 5.41 Å². The van der Waals surface area contributed by atoms with Gasteiger partial charge in [0.1, 0.15) is 23.1 Å². The van der Waals surface area contributed by atoms with Crippen LogP contribution in [0.5, 0.6) is 5.75 Å². The van der Waals surface area contributed by atoms with Crippen LogP contribution in [0.15, 0.2) is 73.1 Å². The quantitative estimate of drug-likeness (QED) is 0.220. The van der Waals surface area contributed by atoms with Gasteiger partial charge in [0.15, 0.2) is 0 Å². The fraction of sp³-hybridized carbons (Fsp3) is 0.487. The number of amides is 3. The maximum absolute atomic E-state index is 13.9. The van der Waals surface area contributed by atoms with E-state index in [0.717, 1.165) is 22.3 Å². The second kappa shape index (κ2) is 16.1. The highest BCUT2D eigenvalue weighted by Crippen LogP contribution is 2.36. The van der Waals surface area contributed by atoms with Gasteiger partial charge in [0, 0.05) is 25.5 Å². The average Bonchev–Trinajstić information content (AvgIpc) is 3.31. The molecule has 0 radical (unpaired) electrons. The number of hydrogen-bond acceptors (Lipinski definition) is 9. The highest BCUT2D eigenvalue weighted by molar-refractivity contribution is 5.86. The van der Waals surface area contributed by atoms with Gasteiger partial charge in [-0.2, -0.15) is 0 Å². The molecule has 0 aliphatic carbocycles. The number of carbonyl (C=O) groups excluding carboxylic acids is 3. The largest absolute Gasteiger partial charge is 0.497 e. The minimum Gasteiger partial charge on any atom is -0.497 e. The van der Waals surface area contributed by atoms with E-state index < -0.39 is 53.0 Å². The summed E-state index contributed by atoms with van der Waals surface area (Å²) >= 11 is 0. The third kappa shape index (κ3) is 10.7. The van der Waals surface area contributed by atoms with Gasteiger partial charge in [0.05, 0.1) is 26.4 Å². The molecule has 12 nitrogen and oxygen atoms in total. The summed E-state index contributed by atoms with van der Waals surface area (Å²) in [5.74, 6) is 0.277. The summed E-state index contributed by atoms with van der Waals surface area (Å²) in [4.78, 5) is 45.9. The first-order valence-electron chi connectivity index (χ1n) is 17.1. The van der Waals surface area contributed by atoms with Crippen LogP contribution >= 0.6 is 0 Å². The molecule has 0 spiro atoms. The molecule has 1 aliphatic rings. The number of nitrogens with zero attached hydrogens (tertiary/aromatic N) is 3. The van der Waals surface area contributed by atoms with Crippen LogP contribution in [-0.2, 0) is 32.0 Å². The SMILES string of the molecule is COC(=O)N[C@H](C(=O)NN(Cc1ccc(OC)cc1)C[C@@H]1OC(C)(C)N(C(=O)OC(C)(C)C)[C@H]1Cc1ccc(-c2ccncc2)cc1)C(C)(C)C. The predicted octanol–water partition coefficient (Wildman–Crippen LogP) is 6.34. The van der Waals surface area contributed by atoms with Crippen LogP contribution in [0.2, 0.25) is 0 Å². The van der Waals surface area contributed by atoms with Crippen LogP contribution in [0.4, 0.5) is 9.59 Å². The number of alkyl carbamates (subject to hydrolysis) is 1. The standard InChI is InChI=1S/C39H53N5O7/c1-37(2,3)33(41-35(46)49-10)34(45)42-43(24-27-13-17-30(48-9)18-14-27)25-32-31(44(39(7,8)50-32)36(47)51-38(4,5)6)23-26-11-15-28(16-12-26)29-19-21-40-22-20-29/h11-22,31-33H,23-25H2,1-10H3,(H,41,46)(H,42,45)/t31-,32-,33+/m0/s1. The molecule has 1 saturated heterocycles. The summed E-state index contributed by atoms with van der Waals surface area (Å²) in [7, 11) is 2.86. The Kier molecular flexibility index (Phi) is 12.4. The lowest BCUT2D eigenvalue weighted by Crippen LogP contribution is -2.58. The molecule has 0 bridgehead atoms. The van der Waals surface area contributed by atoms with E-state index in [0.29, 0.717) is 18.7 Å². The predicted molar refractivity (Wildman–Crippen MR) is 195 cm³/mol. The molecule has 3 atom stereocenters. The van der Waals surface area contributed by atoms with Crippen LogP contribution in [0.1, 0.15) is 66.5 Å². The van der Waals surface area contributed by atoms with Gasteiger partial charge in [-0.25, -0.2) is 14.6 Å². The molecule has 4 rings (SSSR count). The summed E-state index contributed by atoms with van der Waals surface area (Å²) in [5, 5.41) is 4.44. The lowest BCUT2D eigenvalue weighted by Gasteiger charge is -2.35. The van der Waals surface area contributed by atoms with Crippen molar-refractivity contribution in [3.05, 3.63) is 84.2 Å². The highest BCUT2D eigenvalue weighted by atomic mass is 16.6. The van der Waals surface area contributed by atoms with Gasteiger partial charge in [-0.05, 0) is 93.0 Å². The van der Waals surface area contributed by atoms with Gasteiger partial charge in [-0.15, -0.1) is 0 Å². The smallest absolute Gasteiger partial charge is 0.412 e. The second-order valence-electron chi connectivity index (χ2n) is 15.3. The lowest BCUT2D eigenvalue weighted by atomic mass is 9.86. The number of pyridine rings is 1. The molecular weight excluding hydrogens is 650 g/mol. The van der Waals surface area contributed by atoms with E-state index in [1.54, 1.807) is 29.4 Å². The Hall–Kier alpha value is -4.68. The number of nitrogens with one attached hydrogen (secondary N) is 2. The monoisotopic (exact) mass is 703 g/mol. The molecule has 0 unspecified atom stereocenters. The van der Waals surface area contributed by atoms with Crippen molar-refractivity contribution in [2.24, 2.45) is 5.41 Å². The number of hydrazine groups is 1. The van der Waals surface area contributed by atoms with Gasteiger partial charge in [-0.1, -0.05) is 57.2 Å². The van der Waals surface area contributed by atoms with Gasteiger partial charge in [0.2, 0.25) is 0 Å². The molecule has 3 amide bonds. The Balaban J connectivity index is 1.70. The molecule has 1 fully saturated rings. The van der Waals surface area contributed by atoms with Crippen molar-refractivity contribution in [3.8, 4) is 16.9 Å².